The van der Waals surface area contributed by atoms with Crippen LogP contribution in [0.1, 0.15) is 75.3 Å². The third kappa shape index (κ3) is 3.56. The number of rotatable bonds is 1. The maximum absolute atomic E-state index is 14.7. The lowest BCUT2D eigenvalue weighted by Gasteiger charge is -2.54. The quantitative estimate of drug-likeness (QED) is 0.402. The lowest BCUT2D eigenvalue weighted by Crippen LogP contribution is -2.47. The number of ether oxygens (including phenoxy) is 2. The van der Waals surface area contributed by atoms with E-state index in [1.54, 1.807) is 12.1 Å². The molecule has 6 atom stereocenters. The van der Waals surface area contributed by atoms with Crippen LogP contribution in [0.2, 0.25) is 0 Å². The number of fused-ring (bicyclic) bond motifs is 4. The molecule has 3 nitrogen and oxygen atoms in total. The fraction of sp³-hybridized carbons (Fsp3) is 0.655. The number of terminal acetylenes is 1. The number of aliphatic hydroxyl groups is 1. The van der Waals surface area contributed by atoms with Crippen LogP contribution >= 0.6 is 0 Å². The van der Waals surface area contributed by atoms with Crippen LogP contribution in [0.3, 0.4) is 0 Å². The average molecular weight is 471 g/mol. The summed E-state index contributed by atoms with van der Waals surface area (Å²) in [6, 6.07) is 3.10. The topological polar surface area (TPSA) is 38.7 Å². The van der Waals surface area contributed by atoms with Gasteiger partial charge in [-0.15, -0.1) is 12.8 Å². The highest BCUT2D eigenvalue weighted by atomic mass is 19.1. The van der Waals surface area contributed by atoms with Crippen molar-refractivity contribution in [3.8, 4) is 12.8 Å². The Hall–Kier alpha value is -1.74. The van der Waals surface area contributed by atoms with E-state index in [1.165, 1.54) is 18.1 Å². The summed E-state index contributed by atoms with van der Waals surface area (Å²) in [6.45, 7) is 5.05. The molecule has 1 spiro atoms. The Bertz CT molecular complexity index is 985. The van der Waals surface area contributed by atoms with Crippen molar-refractivity contribution < 1.29 is 23.4 Å². The molecule has 1 aliphatic heterocycles. The fourth-order valence-electron chi connectivity index (χ4n) is 8.13. The predicted octanol–water partition coefficient (Wildman–Crippen LogP) is 6.04. The lowest BCUT2D eigenvalue weighted by atomic mass is 9.52. The molecule has 3 saturated carbocycles. The van der Waals surface area contributed by atoms with Gasteiger partial charge in [0.25, 0.3) is 0 Å². The Morgan fingerprint density at radius 3 is 2.35 bits per heavy atom. The highest BCUT2D eigenvalue weighted by Gasteiger charge is 2.57. The van der Waals surface area contributed by atoms with Crippen molar-refractivity contribution in [2.45, 2.75) is 83.0 Å². The Labute approximate surface area is 201 Å². The molecule has 0 radical (unpaired) electrons. The molecule has 4 aliphatic carbocycles. The largest absolute Gasteiger partial charge is 0.393 e. The molecule has 1 heterocycles. The van der Waals surface area contributed by atoms with Crippen LogP contribution in [-0.4, -0.2) is 30.2 Å². The van der Waals surface area contributed by atoms with E-state index in [4.69, 9.17) is 9.47 Å². The molecule has 0 bridgehead atoms. The minimum atomic E-state index is -0.468. The smallest absolute Gasteiger partial charge is 0.169 e. The monoisotopic (exact) mass is 470 g/mol. The van der Waals surface area contributed by atoms with Gasteiger partial charge < -0.3 is 14.6 Å². The molecule has 0 aromatic heterocycles. The van der Waals surface area contributed by atoms with Gasteiger partial charge in [0, 0.05) is 24.3 Å². The van der Waals surface area contributed by atoms with E-state index in [1.807, 2.05) is 0 Å². The van der Waals surface area contributed by atoms with Crippen LogP contribution in [0, 0.1) is 54.6 Å². The predicted molar refractivity (Wildman–Crippen MR) is 127 cm³/mol. The Balaban J connectivity index is 0.00000117. The number of aliphatic hydroxyl groups excluding tert-OH is 1. The molecule has 4 fully saturated rings. The van der Waals surface area contributed by atoms with Crippen molar-refractivity contribution in [1.29, 1.82) is 0 Å². The van der Waals surface area contributed by atoms with Crippen LogP contribution in [0.5, 0.6) is 0 Å². The van der Waals surface area contributed by atoms with Crippen molar-refractivity contribution >= 4 is 0 Å². The Morgan fingerprint density at radius 1 is 1.00 bits per heavy atom. The first-order chi connectivity index (χ1) is 16.3. The SMILES string of the molecule is C#C.Cc1c(F)cc(C2CC3(C)C(O)CCC3C3CCC4CC5(CCC4=C23)OCCO5)cc1F. The molecule has 34 heavy (non-hydrogen) atoms. The lowest BCUT2D eigenvalue weighted by molar-refractivity contribution is -0.181. The molecule has 6 rings (SSSR count). The highest BCUT2D eigenvalue weighted by Crippen LogP contribution is 2.64. The van der Waals surface area contributed by atoms with Gasteiger partial charge >= 0.3 is 0 Å². The van der Waals surface area contributed by atoms with Gasteiger partial charge in [0.15, 0.2) is 5.79 Å². The second-order valence-electron chi connectivity index (χ2n) is 11.2. The van der Waals surface area contributed by atoms with Gasteiger partial charge in [-0.3, -0.25) is 0 Å². The molecule has 5 aliphatic rings. The van der Waals surface area contributed by atoms with Gasteiger partial charge in [0.2, 0.25) is 0 Å². The molecular formula is C29H36F2O3. The average Bonchev–Trinajstić information content (AvgIpc) is 3.41. The van der Waals surface area contributed by atoms with Gasteiger partial charge in [-0.1, -0.05) is 18.1 Å². The maximum atomic E-state index is 14.7. The van der Waals surface area contributed by atoms with E-state index in [2.05, 4.69) is 19.8 Å². The normalized spacial score (nSPS) is 38.0. The van der Waals surface area contributed by atoms with Crippen molar-refractivity contribution in [3.63, 3.8) is 0 Å². The van der Waals surface area contributed by atoms with Crippen molar-refractivity contribution in [1.82, 2.24) is 0 Å². The first kappa shape index (κ1) is 24.0. The number of halogens is 2. The molecule has 1 N–H and O–H groups in total. The zero-order valence-electron chi connectivity index (χ0n) is 20.3. The molecule has 184 valence electrons. The van der Waals surface area contributed by atoms with Crippen LogP contribution in [-0.2, 0) is 9.47 Å². The molecule has 0 amide bonds. The van der Waals surface area contributed by atoms with Gasteiger partial charge in [-0.2, -0.15) is 0 Å². The van der Waals surface area contributed by atoms with E-state index in [9.17, 15) is 13.9 Å². The van der Waals surface area contributed by atoms with Gasteiger partial charge in [-0.25, -0.2) is 8.78 Å². The first-order valence-corrected chi connectivity index (χ1v) is 12.8. The first-order valence-electron chi connectivity index (χ1n) is 12.8. The zero-order valence-corrected chi connectivity index (χ0v) is 20.3. The van der Waals surface area contributed by atoms with E-state index < -0.39 is 17.4 Å². The fourth-order valence-corrected chi connectivity index (χ4v) is 8.13. The summed E-state index contributed by atoms with van der Waals surface area (Å²) in [5, 5.41) is 11.0. The van der Waals surface area contributed by atoms with E-state index in [0.717, 1.165) is 56.9 Å². The Kier molecular flexibility index (Phi) is 6.16. The summed E-state index contributed by atoms with van der Waals surface area (Å²) >= 11 is 0. The van der Waals surface area contributed by atoms with Crippen molar-refractivity contribution in [2.24, 2.45) is 23.2 Å². The van der Waals surface area contributed by atoms with Gasteiger partial charge in [0.1, 0.15) is 11.6 Å². The molecular weight excluding hydrogens is 434 g/mol. The number of allylic oxidation sites excluding steroid dienone is 2. The number of benzene rings is 1. The van der Waals surface area contributed by atoms with Crippen LogP contribution in [0.4, 0.5) is 8.78 Å². The molecule has 1 saturated heterocycles. The molecule has 6 unspecified atom stereocenters. The number of hydrogen-bond acceptors (Lipinski definition) is 3. The molecule has 5 heteroatoms. The van der Waals surface area contributed by atoms with Gasteiger partial charge in [0.05, 0.1) is 19.3 Å². The zero-order chi connectivity index (χ0) is 24.3. The summed E-state index contributed by atoms with van der Waals surface area (Å²) in [7, 11) is 0. The number of hydrogen-bond donors (Lipinski definition) is 1. The van der Waals surface area contributed by atoms with Crippen molar-refractivity contribution in [3.05, 3.63) is 46.0 Å². The standard InChI is InChI=1S/C27H34F2O3.C2H2/c1-15-22(28)11-17(12-23(15)29)20-14-26(2)21(5-6-24(26)30)19-4-3-16-13-27(31-9-10-32-27)8-7-18(16)25(19)20;1-2/h11-12,16,19-21,24,30H,3-10,13-14H2,1-2H3;1-2H. The summed E-state index contributed by atoms with van der Waals surface area (Å²) in [5.41, 5.74) is 3.57. The summed E-state index contributed by atoms with van der Waals surface area (Å²) < 4.78 is 41.4. The minimum absolute atomic E-state index is 0.0316. The highest BCUT2D eigenvalue weighted by molar-refractivity contribution is 5.42. The maximum Gasteiger partial charge on any atom is 0.169 e. The minimum Gasteiger partial charge on any atom is -0.393 e. The Morgan fingerprint density at radius 2 is 1.68 bits per heavy atom. The van der Waals surface area contributed by atoms with Crippen LogP contribution < -0.4 is 0 Å². The third-order valence-electron chi connectivity index (χ3n) is 9.81. The van der Waals surface area contributed by atoms with E-state index >= 15 is 0 Å². The van der Waals surface area contributed by atoms with Crippen LogP contribution in [0.25, 0.3) is 0 Å². The summed E-state index contributed by atoms with van der Waals surface area (Å²) in [4.78, 5) is 0. The second-order valence-corrected chi connectivity index (χ2v) is 11.2. The summed E-state index contributed by atoms with van der Waals surface area (Å²) in [5.74, 6) is -0.122. The molecule has 1 aromatic rings. The van der Waals surface area contributed by atoms with E-state index in [0.29, 0.717) is 31.0 Å². The molecule has 1 aromatic carbocycles. The summed E-state index contributed by atoms with van der Waals surface area (Å²) in [6.07, 6.45) is 15.2. The van der Waals surface area contributed by atoms with E-state index in [-0.39, 0.29) is 23.0 Å². The third-order valence-corrected chi connectivity index (χ3v) is 9.81. The van der Waals surface area contributed by atoms with Crippen molar-refractivity contribution in [2.75, 3.05) is 13.2 Å². The van der Waals surface area contributed by atoms with Crippen LogP contribution in [0.15, 0.2) is 23.3 Å². The van der Waals surface area contributed by atoms with Gasteiger partial charge in [-0.05, 0) is 86.3 Å². The second kappa shape index (κ2) is 8.73.